The number of hydrogen-bond donors (Lipinski definition) is 1. The van der Waals surface area contributed by atoms with Gasteiger partial charge in [-0.1, -0.05) is 0 Å². The highest BCUT2D eigenvalue weighted by Gasteiger charge is 2.32. The number of benzene rings is 2. The van der Waals surface area contributed by atoms with Gasteiger partial charge in [-0.25, -0.2) is 0 Å². The molecule has 1 aromatic heterocycles. The maximum Gasteiger partial charge on any atom is 0.203 e. The summed E-state index contributed by atoms with van der Waals surface area (Å²) < 4.78 is 24.5. The molecular weight excluding hydrogens is 438 g/mol. The van der Waals surface area contributed by atoms with Crippen LogP contribution >= 0.6 is 12.2 Å². The average molecular weight is 468 g/mol. The summed E-state index contributed by atoms with van der Waals surface area (Å²) in [6.45, 7) is 4.20. The molecule has 1 atom stereocenters. The van der Waals surface area contributed by atoms with Crippen molar-refractivity contribution in [3.8, 4) is 23.0 Å². The molecule has 4 rings (SSSR count). The Balaban J connectivity index is 1.69. The van der Waals surface area contributed by atoms with Gasteiger partial charge in [0.05, 0.1) is 34.0 Å². The molecule has 0 saturated heterocycles. The monoisotopic (exact) mass is 467 g/mol. The number of nitrogens with one attached hydrogen (secondary N) is 1. The highest BCUT2D eigenvalue weighted by atomic mass is 32.1. The normalized spacial score (nSPS) is 14.9. The van der Waals surface area contributed by atoms with Crippen molar-refractivity contribution in [1.82, 2.24) is 9.47 Å². The second-order valence-electron chi connectivity index (χ2n) is 7.57. The van der Waals surface area contributed by atoms with Crippen LogP contribution in [-0.4, -0.2) is 49.1 Å². The molecule has 7 nitrogen and oxygen atoms in total. The largest absolute Gasteiger partial charge is 0.494 e. The predicted octanol–water partition coefficient (Wildman–Crippen LogP) is 4.71. The van der Waals surface area contributed by atoms with E-state index < -0.39 is 0 Å². The van der Waals surface area contributed by atoms with E-state index in [9.17, 15) is 0 Å². The van der Waals surface area contributed by atoms with Crippen molar-refractivity contribution in [2.75, 3.05) is 39.8 Å². The van der Waals surface area contributed by atoms with Gasteiger partial charge in [-0.15, -0.1) is 0 Å². The maximum atomic E-state index is 5.88. The van der Waals surface area contributed by atoms with Crippen molar-refractivity contribution >= 4 is 23.0 Å². The topological polar surface area (TPSA) is 57.1 Å². The summed E-state index contributed by atoms with van der Waals surface area (Å²) in [5.74, 6) is 2.62. The summed E-state index contributed by atoms with van der Waals surface area (Å²) in [6, 6.07) is 15.9. The SMILES string of the molecule is CCOc1ccc(NC(=S)N2CCn3cccc3[C@H]2c2cc(OC)c(OC)c(OC)c2)cc1. The highest BCUT2D eigenvalue weighted by molar-refractivity contribution is 7.80. The summed E-state index contributed by atoms with van der Waals surface area (Å²) >= 11 is 5.88. The molecule has 0 saturated carbocycles. The van der Waals surface area contributed by atoms with Crippen LogP contribution in [0.25, 0.3) is 0 Å². The Morgan fingerprint density at radius 2 is 1.70 bits per heavy atom. The molecule has 0 fully saturated rings. The number of rotatable bonds is 7. The molecular formula is C25H29N3O4S. The van der Waals surface area contributed by atoms with Crippen molar-refractivity contribution in [3.05, 3.63) is 66.0 Å². The minimum absolute atomic E-state index is 0.120. The Morgan fingerprint density at radius 3 is 2.30 bits per heavy atom. The van der Waals surface area contributed by atoms with E-state index in [0.29, 0.717) is 29.0 Å². The molecule has 0 amide bonds. The summed E-state index contributed by atoms with van der Waals surface area (Å²) in [5, 5.41) is 4.03. The number of ether oxygens (including phenoxy) is 4. The Kier molecular flexibility index (Phi) is 6.93. The van der Waals surface area contributed by atoms with Gasteiger partial charge in [0, 0.05) is 30.7 Å². The van der Waals surface area contributed by atoms with Crippen LogP contribution in [0.2, 0.25) is 0 Å². The Morgan fingerprint density at radius 1 is 1.00 bits per heavy atom. The zero-order valence-electron chi connectivity index (χ0n) is 19.3. The third-order valence-corrected chi connectivity index (χ3v) is 6.06. The van der Waals surface area contributed by atoms with Crippen LogP contribution in [0.15, 0.2) is 54.7 Å². The molecule has 8 heteroatoms. The zero-order valence-corrected chi connectivity index (χ0v) is 20.1. The number of aromatic nitrogens is 1. The second kappa shape index (κ2) is 10.0. The molecule has 0 bridgehead atoms. The maximum absolute atomic E-state index is 5.88. The van der Waals surface area contributed by atoms with E-state index in [1.807, 2.05) is 43.3 Å². The average Bonchev–Trinajstić information content (AvgIpc) is 3.32. The van der Waals surface area contributed by atoms with Gasteiger partial charge in [0.2, 0.25) is 5.75 Å². The molecule has 0 radical (unpaired) electrons. The highest BCUT2D eigenvalue weighted by Crippen LogP contribution is 2.43. The van der Waals surface area contributed by atoms with Crippen molar-refractivity contribution < 1.29 is 18.9 Å². The first kappa shape index (κ1) is 22.8. The van der Waals surface area contributed by atoms with Crippen molar-refractivity contribution in [2.24, 2.45) is 0 Å². The second-order valence-corrected chi connectivity index (χ2v) is 7.96. The number of methoxy groups -OCH3 is 3. The summed E-state index contributed by atoms with van der Waals surface area (Å²) in [6.07, 6.45) is 2.10. The van der Waals surface area contributed by atoms with Gasteiger partial charge in [0.15, 0.2) is 16.6 Å². The minimum Gasteiger partial charge on any atom is -0.494 e. The Hall–Kier alpha value is -3.39. The van der Waals surface area contributed by atoms with Crippen LogP contribution in [0, 0.1) is 0 Å². The number of thiocarbonyl (C=S) groups is 1. The molecule has 2 heterocycles. The molecule has 2 aromatic carbocycles. The lowest BCUT2D eigenvalue weighted by Crippen LogP contribution is -2.44. The third-order valence-electron chi connectivity index (χ3n) is 5.72. The lowest BCUT2D eigenvalue weighted by molar-refractivity contribution is 0.288. The van der Waals surface area contributed by atoms with E-state index in [1.54, 1.807) is 21.3 Å². The fourth-order valence-corrected chi connectivity index (χ4v) is 4.52. The quantitative estimate of drug-likeness (QED) is 0.505. The van der Waals surface area contributed by atoms with E-state index in [0.717, 1.165) is 35.8 Å². The van der Waals surface area contributed by atoms with Gasteiger partial charge in [0.1, 0.15) is 5.75 Å². The van der Waals surface area contributed by atoms with Crippen LogP contribution in [0.5, 0.6) is 23.0 Å². The molecule has 1 N–H and O–H groups in total. The van der Waals surface area contributed by atoms with Crippen LogP contribution in [-0.2, 0) is 6.54 Å². The van der Waals surface area contributed by atoms with Gasteiger partial charge in [-0.3, -0.25) is 0 Å². The Labute approximate surface area is 199 Å². The number of nitrogens with zero attached hydrogens (tertiary/aromatic N) is 2. The van der Waals surface area contributed by atoms with Crippen molar-refractivity contribution in [2.45, 2.75) is 19.5 Å². The van der Waals surface area contributed by atoms with Crippen molar-refractivity contribution in [1.29, 1.82) is 0 Å². The molecule has 1 aliphatic heterocycles. The fourth-order valence-electron chi connectivity index (χ4n) is 4.21. The lowest BCUT2D eigenvalue weighted by atomic mass is 9.99. The van der Waals surface area contributed by atoms with Gasteiger partial charge >= 0.3 is 0 Å². The molecule has 0 aliphatic carbocycles. The zero-order chi connectivity index (χ0) is 23.4. The van der Waals surface area contributed by atoms with Gasteiger partial charge in [-0.2, -0.15) is 0 Å². The number of fused-ring (bicyclic) bond motifs is 1. The van der Waals surface area contributed by atoms with E-state index in [4.69, 9.17) is 31.2 Å². The van der Waals surface area contributed by atoms with E-state index in [1.165, 1.54) is 0 Å². The van der Waals surface area contributed by atoms with Gasteiger partial charge < -0.3 is 33.7 Å². The van der Waals surface area contributed by atoms with Crippen molar-refractivity contribution in [3.63, 3.8) is 0 Å². The third kappa shape index (κ3) is 4.57. The first-order valence-corrected chi connectivity index (χ1v) is 11.3. The summed E-state index contributed by atoms with van der Waals surface area (Å²) in [4.78, 5) is 2.20. The van der Waals surface area contributed by atoms with Gasteiger partial charge in [0.25, 0.3) is 0 Å². The lowest BCUT2D eigenvalue weighted by Gasteiger charge is -2.39. The molecule has 1 aliphatic rings. The first-order valence-electron chi connectivity index (χ1n) is 10.8. The fraction of sp³-hybridized carbons (Fsp3) is 0.320. The van der Waals surface area contributed by atoms with Crippen LogP contribution in [0.1, 0.15) is 24.2 Å². The molecule has 0 unspecified atom stereocenters. The van der Waals surface area contributed by atoms with E-state index in [2.05, 4.69) is 33.1 Å². The Bertz CT molecular complexity index is 1090. The van der Waals surface area contributed by atoms with Crippen LogP contribution < -0.4 is 24.3 Å². The molecule has 0 spiro atoms. The van der Waals surface area contributed by atoms with Crippen LogP contribution in [0.3, 0.4) is 0 Å². The smallest absolute Gasteiger partial charge is 0.203 e. The summed E-state index contributed by atoms with van der Waals surface area (Å²) in [5.41, 5.74) is 3.06. The van der Waals surface area contributed by atoms with Gasteiger partial charge in [-0.05, 0) is 73.2 Å². The summed E-state index contributed by atoms with van der Waals surface area (Å²) in [7, 11) is 4.86. The number of hydrogen-bond acceptors (Lipinski definition) is 5. The van der Waals surface area contributed by atoms with E-state index >= 15 is 0 Å². The molecule has 33 heavy (non-hydrogen) atoms. The van der Waals surface area contributed by atoms with Crippen LogP contribution in [0.4, 0.5) is 5.69 Å². The number of anilines is 1. The first-order chi connectivity index (χ1) is 16.1. The predicted molar refractivity (Wildman–Crippen MR) is 133 cm³/mol. The van der Waals surface area contributed by atoms with E-state index in [-0.39, 0.29) is 6.04 Å². The molecule has 3 aromatic rings. The standard InChI is InChI=1S/C25H29N3O4S/c1-5-32-19-10-8-18(9-11-19)26-25(33)28-14-13-27-12-6-7-20(27)23(28)17-15-21(29-2)24(31-4)22(16-17)30-3/h6-12,15-16,23H,5,13-14H2,1-4H3,(H,26,33)/t23-/m1/s1. The molecule has 174 valence electrons. The minimum atomic E-state index is -0.120.